The molecule has 7 nitrogen and oxygen atoms in total. The minimum absolute atomic E-state index is 0.00218. The molecule has 1 aliphatic rings. The molecule has 3 rings (SSSR count). The number of hydrogen-bond donors (Lipinski definition) is 1. The van der Waals surface area contributed by atoms with Crippen LogP contribution in [0.2, 0.25) is 0 Å². The lowest BCUT2D eigenvalue weighted by Gasteiger charge is -2.15. The number of benzene rings is 1. The number of nitrogens with zero attached hydrogens (tertiary/aromatic N) is 2. The zero-order chi connectivity index (χ0) is 19.0. The molecule has 0 saturated heterocycles. The van der Waals surface area contributed by atoms with Gasteiger partial charge in [-0.1, -0.05) is 0 Å². The number of fused-ring (bicyclic) bond motifs is 1. The van der Waals surface area contributed by atoms with Crippen LogP contribution in [0.15, 0.2) is 23.1 Å². The first-order valence-corrected chi connectivity index (χ1v) is 8.06. The molecule has 1 heterocycles. The quantitative estimate of drug-likeness (QED) is 0.822. The van der Waals surface area contributed by atoms with Gasteiger partial charge in [-0.15, -0.1) is 0 Å². The standard InChI is InChI=1S/C18H15FN2O5/c1-2-26-18(25)12(7-20)10-6-15-11(5-14(10)19)16(22)13(17(23)24)8-21(15)9-3-4-9/h5-6,8-9,12H,2-4H2,1H3,(H,23,24). The highest BCUT2D eigenvalue weighted by atomic mass is 19.1. The molecule has 1 fully saturated rings. The van der Waals surface area contributed by atoms with E-state index in [9.17, 15) is 29.1 Å². The Morgan fingerprint density at radius 2 is 2.15 bits per heavy atom. The highest BCUT2D eigenvalue weighted by Gasteiger charge is 2.30. The third-order valence-electron chi connectivity index (χ3n) is 4.28. The van der Waals surface area contributed by atoms with E-state index in [2.05, 4.69) is 0 Å². The predicted molar refractivity (Wildman–Crippen MR) is 88.4 cm³/mol. The van der Waals surface area contributed by atoms with Crippen molar-refractivity contribution in [3.63, 3.8) is 0 Å². The van der Waals surface area contributed by atoms with Crippen molar-refractivity contribution in [2.24, 2.45) is 0 Å². The Bertz CT molecular complexity index is 1020. The van der Waals surface area contributed by atoms with Crippen molar-refractivity contribution >= 4 is 22.8 Å². The predicted octanol–water partition coefficient (Wildman–Crippen LogP) is 2.34. The molecule has 1 aromatic carbocycles. The van der Waals surface area contributed by atoms with Crippen LogP contribution in [0.25, 0.3) is 10.9 Å². The number of carboxylic acids is 1. The summed E-state index contributed by atoms with van der Waals surface area (Å²) in [6.45, 7) is 1.61. The summed E-state index contributed by atoms with van der Waals surface area (Å²) in [5.74, 6) is -4.67. The van der Waals surface area contributed by atoms with Gasteiger partial charge in [-0.2, -0.15) is 5.26 Å². The number of carboxylic acid groups (broad SMARTS) is 1. The van der Waals surface area contributed by atoms with Crippen LogP contribution in [0.1, 0.15) is 47.6 Å². The van der Waals surface area contributed by atoms with Crippen molar-refractivity contribution in [3.05, 3.63) is 45.5 Å². The third-order valence-corrected chi connectivity index (χ3v) is 4.28. The molecule has 1 saturated carbocycles. The number of carbonyl (C=O) groups is 2. The molecule has 1 unspecified atom stereocenters. The molecule has 0 amide bonds. The monoisotopic (exact) mass is 358 g/mol. The Labute approximate surface area is 147 Å². The van der Waals surface area contributed by atoms with Gasteiger partial charge < -0.3 is 14.4 Å². The average Bonchev–Trinajstić information content (AvgIpc) is 3.42. The average molecular weight is 358 g/mol. The van der Waals surface area contributed by atoms with Gasteiger partial charge in [-0.3, -0.25) is 9.59 Å². The smallest absolute Gasteiger partial charge is 0.341 e. The van der Waals surface area contributed by atoms with Crippen LogP contribution in [-0.4, -0.2) is 28.2 Å². The summed E-state index contributed by atoms with van der Waals surface area (Å²) >= 11 is 0. The van der Waals surface area contributed by atoms with Gasteiger partial charge in [-0.25, -0.2) is 9.18 Å². The number of rotatable bonds is 5. The second-order valence-corrected chi connectivity index (χ2v) is 6.02. The fourth-order valence-electron chi connectivity index (χ4n) is 2.89. The Kier molecular flexibility index (Phi) is 4.47. The van der Waals surface area contributed by atoms with Crippen LogP contribution in [0.5, 0.6) is 0 Å². The van der Waals surface area contributed by atoms with Gasteiger partial charge in [0.25, 0.3) is 0 Å². The lowest BCUT2D eigenvalue weighted by atomic mass is 9.97. The van der Waals surface area contributed by atoms with Crippen LogP contribution in [0, 0.1) is 17.1 Å². The fourth-order valence-corrected chi connectivity index (χ4v) is 2.89. The van der Waals surface area contributed by atoms with E-state index < -0.39 is 34.7 Å². The highest BCUT2D eigenvalue weighted by molar-refractivity contribution is 5.93. The van der Waals surface area contributed by atoms with E-state index in [0.717, 1.165) is 18.9 Å². The fraction of sp³-hybridized carbons (Fsp3) is 0.333. The molecule has 0 radical (unpaired) electrons. The molecule has 0 spiro atoms. The van der Waals surface area contributed by atoms with Crippen LogP contribution >= 0.6 is 0 Å². The van der Waals surface area contributed by atoms with Gasteiger partial charge in [0.05, 0.1) is 18.2 Å². The number of halogens is 1. The number of hydrogen-bond acceptors (Lipinski definition) is 5. The molecule has 0 bridgehead atoms. The van der Waals surface area contributed by atoms with Crippen molar-refractivity contribution in [2.45, 2.75) is 31.7 Å². The van der Waals surface area contributed by atoms with Crippen LogP contribution in [0.4, 0.5) is 4.39 Å². The van der Waals surface area contributed by atoms with Gasteiger partial charge in [0, 0.05) is 23.2 Å². The number of aromatic carboxylic acids is 1. The topological polar surface area (TPSA) is 109 Å². The highest BCUT2D eigenvalue weighted by Crippen LogP contribution is 2.37. The normalized spacial score (nSPS) is 14.7. The molecule has 1 atom stereocenters. The lowest BCUT2D eigenvalue weighted by molar-refractivity contribution is -0.143. The molecule has 26 heavy (non-hydrogen) atoms. The molecule has 1 aliphatic carbocycles. The van der Waals surface area contributed by atoms with E-state index >= 15 is 0 Å². The Morgan fingerprint density at radius 1 is 1.46 bits per heavy atom. The Morgan fingerprint density at radius 3 is 2.69 bits per heavy atom. The summed E-state index contributed by atoms with van der Waals surface area (Å²) in [5, 5.41) is 18.4. The van der Waals surface area contributed by atoms with Gasteiger partial charge >= 0.3 is 11.9 Å². The number of pyridine rings is 1. The summed E-state index contributed by atoms with van der Waals surface area (Å²) in [6.07, 6.45) is 2.82. The van der Waals surface area contributed by atoms with E-state index in [1.165, 1.54) is 12.3 Å². The van der Waals surface area contributed by atoms with E-state index in [4.69, 9.17) is 4.74 Å². The molecule has 134 valence electrons. The second kappa shape index (κ2) is 6.59. The molecule has 8 heteroatoms. The molecule has 2 aromatic rings. The van der Waals surface area contributed by atoms with E-state index in [1.54, 1.807) is 17.6 Å². The number of nitriles is 1. The van der Waals surface area contributed by atoms with E-state index in [0.29, 0.717) is 5.52 Å². The van der Waals surface area contributed by atoms with Crippen LogP contribution in [0.3, 0.4) is 0 Å². The van der Waals surface area contributed by atoms with Crippen molar-refractivity contribution in [2.75, 3.05) is 6.61 Å². The number of aromatic nitrogens is 1. The maximum absolute atomic E-state index is 14.6. The zero-order valence-corrected chi connectivity index (χ0v) is 13.9. The Hall–Kier alpha value is -3.21. The van der Waals surface area contributed by atoms with Crippen molar-refractivity contribution < 1.29 is 23.8 Å². The minimum atomic E-state index is -1.47. The first kappa shape index (κ1) is 17.6. The lowest BCUT2D eigenvalue weighted by Crippen LogP contribution is -2.20. The van der Waals surface area contributed by atoms with Crippen LogP contribution in [-0.2, 0) is 9.53 Å². The van der Waals surface area contributed by atoms with Crippen LogP contribution < -0.4 is 5.43 Å². The Balaban J connectivity index is 2.28. The summed E-state index contributed by atoms with van der Waals surface area (Å²) in [7, 11) is 0. The van der Waals surface area contributed by atoms with Crippen molar-refractivity contribution in [1.29, 1.82) is 5.26 Å². The maximum Gasteiger partial charge on any atom is 0.341 e. The van der Waals surface area contributed by atoms with Gasteiger partial charge in [0.2, 0.25) is 5.43 Å². The summed E-state index contributed by atoms with van der Waals surface area (Å²) in [4.78, 5) is 35.7. The largest absolute Gasteiger partial charge is 0.477 e. The number of esters is 1. The number of carbonyl (C=O) groups excluding carboxylic acids is 1. The zero-order valence-electron chi connectivity index (χ0n) is 13.9. The number of ether oxygens (including phenoxy) is 1. The molecule has 1 aromatic heterocycles. The maximum atomic E-state index is 14.6. The molecule has 0 aliphatic heterocycles. The summed E-state index contributed by atoms with van der Waals surface area (Å²) in [5.41, 5.74) is -1.16. The van der Waals surface area contributed by atoms with E-state index in [-0.39, 0.29) is 23.6 Å². The second-order valence-electron chi connectivity index (χ2n) is 6.02. The van der Waals surface area contributed by atoms with Crippen molar-refractivity contribution in [3.8, 4) is 6.07 Å². The summed E-state index contributed by atoms with van der Waals surface area (Å²) < 4.78 is 21.0. The molecular weight excluding hydrogens is 343 g/mol. The van der Waals surface area contributed by atoms with Crippen molar-refractivity contribution in [1.82, 2.24) is 4.57 Å². The van der Waals surface area contributed by atoms with Gasteiger partial charge in [0.15, 0.2) is 5.92 Å². The van der Waals surface area contributed by atoms with Gasteiger partial charge in [-0.05, 0) is 31.9 Å². The first-order valence-electron chi connectivity index (χ1n) is 8.06. The first-order chi connectivity index (χ1) is 12.4. The molecule has 1 N–H and O–H groups in total. The third kappa shape index (κ3) is 2.92. The molecular formula is C18H15FN2O5. The van der Waals surface area contributed by atoms with Gasteiger partial charge in [0.1, 0.15) is 11.4 Å². The minimum Gasteiger partial charge on any atom is -0.477 e. The van der Waals surface area contributed by atoms with E-state index in [1.807, 2.05) is 0 Å². The summed E-state index contributed by atoms with van der Waals surface area (Å²) in [6, 6.07) is 3.87. The SMILES string of the molecule is CCOC(=O)C(C#N)c1cc2c(cc1F)c(=O)c(C(=O)O)cn2C1CC1.